The van der Waals surface area contributed by atoms with Crippen molar-refractivity contribution in [3.8, 4) is 5.75 Å². The second-order valence-corrected chi connectivity index (χ2v) is 9.24. The molecule has 2 aliphatic heterocycles. The molecule has 2 aromatic carbocycles. The number of methoxy groups -OCH3 is 2. The van der Waals surface area contributed by atoms with Crippen molar-refractivity contribution in [3.05, 3.63) is 59.2 Å². The van der Waals surface area contributed by atoms with Gasteiger partial charge in [-0.15, -0.1) is 0 Å². The highest BCUT2D eigenvalue weighted by atomic mass is 19.4. The number of aryl methyl sites for hydroxylation is 1. The van der Waals surface area contributed by atoms with E-state index in [1.807, 2.05) is 6.07 Å². The third-order valence-electron chi connectivity index (χ3n) is 6.60. The van der Waals surface area contributed by atoms with Gasteiger partial charge in [-0.1, -0.05) is 12.1 Å². The van der Waals surface area contributed by atoms with Crippen LogP contribution in [0.4, 0.5) is 24.5 Å². The Kier molecular flexibility index (Phi) is 7.89. The first-order valence-corrected chi connectivity index (χ1v) is 12.0. The van der Waals surface area contributed by atoms with Gasteiger partial charge in [0.1, 0.15) is 11.4 Å². The summed E-state index contributed by atoms with van der Waals surface area (Å²) in [6, 6.07) is 8.58. The number of alkyl halides is 3. The molecule has 37 heavy (non-hydrogen) atoms. The van der Waals surface area contributed by atoms with Gasteiger partial charge in [0.15, 0.2) is 0 Å². The van der Waals surface area contributed by atoms with Crippen LogP contribution in [0, 0.1) is 0 Å². The van der Waals surface area contributed by atoms with Crippen LogP contribution in [0.5, 0.6) is 5.75 Å². The van der Waals surface area contributed by atoms with Gasteiger partial charge in [0.2, 0.25) is 11.8 Å². The van der Waals surface area contributed by atoms with E-state index < -0.39 is 23.2 Å². The monoisotopic (exact) mass is 518 g/mol. The zero-order valence-corrected chi connectivity index (χ0v) is 20.7. The Morgan fingerprint density at radius 2 is 1.84 bits per heavy atom. The Bertz CT molecular complexity index is 1200. The van der Waals surface area contributed by atoms with Gasteiger partial charge in [0.05, 0.1) is 5.56 Å². The molecular formula is C27H29F3N2O5. The minimum atomic E-state index is -4.54. The van der Waals surface area contributed by atoms with Crippen LogP contribution in [0.3, 0.4) is 0 Å². The first-order valence-electron chi connectivity index (χ1n) is 12.0. The summed E-state index contributed by atoms with van der Waals surface area (Å²) in [7, 11) is 3.07. The Balaban J connectivity index is 1.67. The highest BCUT2D eigenvalue weighted by Crippen LogP contribution is 2.45. The molecule has 2 heterocycles. The second kappa shape index (κ2) is 10.9. The summed E-state index contributed by atoms with van der Waals surface area (Å²) in [5.41, 5.74) is 1.35. The van der Waals surface area contributed by atoms with Crippen molar-refractivity contribution in [2.45, 2.75) is 43.9 Å². The standard InChI is InChI=1S/C27H29F3N2O5/c1-35-11-9-26(10-12-36-2)16-18(21-7-5-19(27(28,29)30)14-23(21)37-26)13-25(34)31-20-6-3-17-4-8-24(33)32-22(17)15-20/h3,5-7,13-15H,4,8-12,16H2,1-2H3,(H,31,34)(H,32,33). The number of fused-ring (bicyclic) bond motifs is 2. The number of carbonyl (C=O) groups is 2. The van der Waals surface area contributed by atoms with E-state index in [4.69, 9.17) is 14.2 Å². The molecule has 0 fully saturated rings. The molecule has 0 saturated heterocycles. The molecule has 0 unspecified atom stereocenters. The molecule has 0 radical (unpaired) electrons. The Morgan fingerprint density at radius 3 is 2.51 bits per heavy atom. The predicted octanol–water partition coefficient (Wildman–Crippen LogP) is 5.21. The van der Waals surface area contributed by atoms with E-state index in [0.717, 1.165) is 17.7 Å². The lowest BCUT2D eigenvalue weighted by atomic mass is 9.82. The highest BCUT2D eigenvalue weighted by molar-refractivity contribution is 6.05. The fourth-order valence-corrected chi connectivity index (χ4v) is 4.65. The molecule has 7 nitrogen and oxygen atoms in total. The van der Waals surface area contributed by atoms with E-state index >= 15 is 0 Å². The van der Waals surface area contributed by atoms with Crippen LogP contribution in [0.15, 0.2) is 42.5 Å². The molecule has 4 rings (SSSR count). The number of hydrogen-bond donors (Lipinski definition) is 2. The SMILES string of the molecule is COCCC1(CCOC)CC(=CC(=O)Nc2ccc3c(c2)NC(=O)CC3)c2ccc(C(F)(F)F)cc2O1. The van der Waals surface area contributed by atoms with Crippen molar-refractivity contribution >= 4 is 28.8 Å². The maximum absolute atomic E-state index is 13.4. The Morgan fingerprint density at radius 1 is 1.11 bits per heavy atom. The molecule has 2 aliphatic rings. The van der Waals surface area contributed by atoms with Crippen LogP contribution in [0.1, 0.15) is 42.4 Å². The average Bonchev–Trinajstić information content (AvgIpc) is 2.85. The minimum absolute atomic E-state index is 0.0591. The van der Waals surface area contributed by atoms with Crippen LogP contribution in [-0.2, 0) is 31.7 Å². The lowest BCUT2D eigenvalue weighted by molar-refractivity contribution is -0.137. The number of nitrogens with one attached hydrogen (secondary N) is 2. The van der Waals surface area contributed by atoms with E-state index in [-0.39, 0.29) is 18.1 Å². The summed E-state index contributed by atoms with van der Waals surface area (Å²) < 4.78 is 57.0. The third kappa shape index (κ3) is 6.31. The number of anilines is 2. The van der Waals surface area contributed by atoms with Crippen molar-refractivity contribution in [2.75, 3.05) is 38.1 Å². The first-order chi connectivity index (χ1) is 17.6. The van der Waals surface area contributed by atoms with Gasteiger partial charge < -0.3 is 24.8 Å². The molecule has 2 N–H and O–H groups in total. The Labute approximate surface area is 213 Å². The fourth-order valence-electron chi connectivity index (χ4n) is 4.65. The lowest BCUT2D eigenvalue weighted by Gasteiger charge is -2.40. The topological polar surface area (TPSA) is 85.9 Å². The van der Waals surface area contributed by atoms with Crippen molar-refractivity contribution in [2.24, 2.45) is 0 Å². The largest absolute Gasteiger partial charge is 0.486 e. The third-order valence-corrected chi connectivity index (χ3v) is 6.60. The first kappa shape index (κ1) is 26.7. The zero-order chi connectivity index (χ0) is 26.6. The summed E-state index contributed by atoms with van der Waals surface area (Å²) in [6.45, 7) is 0.636. The molecule has 0 bridgehead atoms. The molecule has 2 amide bonds. The van der Waals surface area contributed by atoms with Gasteiger partial charge in [0, 0.05) is 76.1 Å². The van der Waals surface area contributed by atoms with Crippen molar-refractivity contribution < 1.29 is 37.0 Å². The number of carbonyl (C=O) groups excluding carboxylic acids is 2. The van der Waals surface area contributed by atoms with Gasteiger partial charge in [-0.2, -0.15) is 13.2 Å². The number of hydrogen-bond acceptors (Lipinski definition) is 5. The number of rotatable bonds is 8. The fraction of sp³-hybridized carbons (Fsp3) is 0.407. The highest BCUT2D eigenvalue weighted by Gasteiger charge is 2.40. The Hall–Kier alpha value is -3.37. The summed E-state index contributed by atoms with van der Waals surface area (Å²) in [4.78, 5) is 24.8. The molecule has 0 spiro atoms. The molecule has 0 aliphatic carbocycles. The van der Waals surface area contributed by atoms with E-state index in [9.17, 15) is 22.8 Å². The summed E-state index contributed by atoms with van der Waals surface area (Å²) in [6.07, 6.45) is -1.04. The maximum Gasteiger partial charge on any atom is 0.416 e. The number of ether oxygens (including phenoxy) is 3. The number of halogens is 3. The quantitative estimate of drug-likeness (QED) is 0.469. The van der Waals surface area contributed by atoms with Gasteiger partial charge in [-0.3, -0.25) is 9.59 Å². The van der Waals surface area contributed by atoms with E-state index in [1.54, 1.807) is 12.1 Å². The van der Waals surface area contributed by atoms with Gasteiger partial charge >= 0.3 is 6.18 Å². The van der Waals surface area contributed by atoms with Crippen molar-refractivity contribution in [3.63, 3.8) is 0 Å². The maximum atomic E-state index is 13.4. The second-order valence-electron chi connectivity index (χ2n) is 9.24. The van der Waals surface area contributed by atoms with E-state index in [0.29, 0.717) is 61.4 Å². The molecule has 0 saturated carbocycles. The smallest absolute Gasteiger partial charge is 0.416 e. The van der Waals surface area contributed by atoms with Crippen molar-refractivity contribution in [1.82, 2.24) is 0 Å². The average molecular weight is 519 g/mol. The van der Waals surface area contributed by atoms with Gasteiger partial charge in [-0.25, -0.2) is 0 Å². The van der Waals surface area contributed by atoms with Crippen LogP contribution in [-0.4, -0.2) is 44.8 Å². The lowest BCUT2D eigenvalue weighted by Crippen LogP contribution is -2.41. The van der Waals surface area contributed by atoms with Crippen LogP contribution in [0.25, 0.3) is 5.57 Å². The summed E-state index contributed by atoms with van der Waals surface area (Å²) in [5, 5.41) is 5.59. The zero-order valence-electron chi connectivity index (χ0n) is 20.7. The molecule has 10 heteroatoms. The van der Waals surface area contributed by atoms with E-state index in [1.165, 1.54) is 26.4 Å². The molecule has 0 atom stereocenters. The van der Waals surface area contributed by atoms with E-state index in [2.05, 4.69) is 10.6 Å². The molecular weight excluding hydrogens is 489 g/mol. The predicted molar refractivity (Wildman–Crippen MR) is 132 cm³/mol. The summed E-state index contributed by atoms with van der Waals surface area (Å²) >= 11 is 0. The molecule has 198 valence electrons. The van der Waals surface area contributed by atoms with Crippen LogP contribution >= 0.6 is 0 Å². The summed E-state index contributed by atoms with van der Waals surface area (Å²) in [5.74, 6) is -0.473. The van der Waals surface area contributed by atoms with Gasteiger partial charge in [-0.05, 0) is 41.8 Å². The van der Waals surface area contributed by atoms with Crippen LogP contribution in [0.2, 0.25) is 0 Å². The van der Waals surface area contributed by atoms with Crippen molar-refractivity contribution in [1.29, 1.82) is 0 Å². The minimum Gasteiger partial charge on any atom is -0.486 e. The van der Waals surface area contributed by atoms with Gasteiger partial charge in [0.25, 0.3) is 0 Å². The normalized spacial score (nSPS) is 17.4. The number of amides is 2. The molecule has 2 aromatic rings. The van der Waals surface area contributed by atoms with Crippen LogP contribution < -0.4 is 15.4 Å². The molecule has 0 aromatic heterocycles. The number of benzene rings is 2.